The number of ketones is 1. The Balaban J connectivity index is 1.94. The van der Waals surface area contributed by atoms with Gasteiger partial charge in [0.15, 0.2) is 0 Å². The molecule has 0 saturated carbocycles. The second-order valence-electron chi connectivity index (χ2n) is 6.48. The predicted octanol–water partition coefficient (Wildman–Crippen LogP) is 4.07. The minimum absolute atomic E-state index is 0.0461. The van der Waals surface area contributed by atoms with Crippen LogP contribution in [-0.2, 0) is 9.59 Å². The number of aliphatic hydroxyl groups is 1. The first-order chi connectivity index (χ1) is 14.0. The van der Waals surface area contributed by atoms with Crippen molar-refractivity contribution in [1.82, 2.24) is 4.98 Å². The Morgan fingerprint density at radius 1 is 1.00 bits per heavy atom. The van der Waals surface area contributed by atoms with Gasteiger partial charge in [0.2, 0.25) is 0 Å². The summed E-state index contributed by atoms with van der Waals surface area (Å²) in [7, 11) is 0. The number of anilines is 1. The van der Waals surface area contributed by atoms with Crippen molar-refractivity contribution >= 4 is 34.7 Å². The number of carbonyl (C=O) groups is 2. The number of phenolic OH excluding ortho intramolecular Hbond substituents is 1. The van der Waals surface area contributed by atoms with Gasteiger partial charge in [0.1, 0.15) is 11.5 Å². The molecule has 1 aromatic heterocycles. The number of halogens is 1. The van der Waals surface area contributed by atoms with Crippen molar-refractivity contribution in [2.24, 2.45) is 0 Å². The third-order valence-corrected chi connectivity index (χ3v) is 4.95. The topological polar surface area (TPSA) is 90.7 Å². The zero-order valence-corrected chi connectivity index (χ0v) is 15.7. The molecule has 1 aliphatic heterocycles. The van der Waals surface area contributed by atoms with Crippen LogP contribution >= 0.6 is 11.6 Å². The molecule has 1 amide bonds. The second-order valence-corrected chi connectivity index (χ2v) is 6.92. The molecule has 1 fully saturated rings. The fourth-order valence-electron chi connectivity index (χ4n) is 3.33. The molecular weight excluding hydrogens is 392 g/mol. The predicted molar refractivity (Wildman–Crippen MR) is 109 cm³/mol. The molecule has 0 bridgehead atoms. The van der Waals surface area contributed by atoms with E-state index in [-0.39, 0.29) is 17.1 Å². The molecule has 0 aliphatic carbocycles. The van der Waals surface area contributed by atoms with Gasteiger partial charge in [-0.3, -0.25) is 19.5 Å². The van der Waals surface area contributed by atoms with Crippen LogP contribution in [0.3, 0.4) is 0 Å². The summed E-state index contributed by atoms with van der Waals surface area (Å²) in [5.41, 5.74) is 1.29. The van der Waals surface area contributed by atoms with Gasteiger partial charge in [-0.15, -0.1) is 0 Å². The van der Waals surface area contributed by atoms with E-state index in [0.717, 1.165) is 0 Å². The quantitative estimate of drug-likeness (QED) is 0.389. The summed E-state index contributed by atoms with van der Waals surface area (Å²) in [6, 6.07) is 14.9. The number of benzene rings is 2. The van der Waals surface area contributed by atoms with E-state index < -0.39 is 17.7 Å². The average Bonchev–Trinajstić information content (AvgIpc) is 3.00. The number of phenols is 1. The Morgan fingerprint density at radius 2 is 1.69 bits per heavy atom. The highest BCUT2D eigenvalue weighted by Crippen LogP contribution is 2.42. The van der Waals surface area contributed by atoms with Crippen molar-refractivity contribution in [1.29, 1.82) is 0 Å². The van der Waals surface area contributed by atoms with Crippen molar-refractivity contribution in [2.75, 3.05) is 4.90 Å². The number of carbonyl (C=O) groups excluding carboxylic acids is 2. The minimum atomic E-state index is -0.879. The summed E-state index contributed by atoms with van der Waals surface area (Å²) in [5, 5.41) is 21.0. The van der Waals surface area contributed by atoms with Gasteiger partial charge in [-0.1, -0.05) is 23.7 Å². The van der Waals surface area contributed by atoms with Gasteiger partial charge in [-0.05, 0) is 54.1 Å². The van der Waals surface area contributed by atoms with Gasteiger partial charge in [0.25, 0.3) is 11.7 Å². The fraction of sp³-hybridized carbons (Fsp3) is 0.0455. The molecule has 1 atom stereocenters. The fourth-order valence-corrected chi connectivity index (χ4v) is 3.46. The van der Waals surface area contributed by atoms with E-state index in [0.29, 0.717) is 21.8 Å². The van der Waals surface area contributed by atoms with Gasteiger partial charge in [-0.2, -0.15) is 0 Å². The van der Waals surface area contributed by atoms with Crippen LogP contribution in [0.2, 0.25) is 5.02 Å². The lowest BCUT2D eigenvalue weighted by molar-refractivity contribution is -0.132. The largest absolute Gasteiger partial charge is 0.508 e. The molecule has 0 radical (unpaired) electrons. The molecule has 4 rings (SSSR count). The molecule has 144 valence electrons. The minimum Gasteiger partial charge on any atom is -0.508 e. The Labute approximate surface area is 171 Å². The van der Waals surface area contributed by atoms with Crippen LogP contribution in [0.4, 0.5) is 5.69 Å². The maximum absolute atomic E-state index is 12.9. The van der Waals surface area contributed by atoms with Crippen LogP contribution in [0.15, 0.2) is 78.6 Å². The first-order valence-electron chi connectivity index (χ1n) is 8.73. The summed E-state index contributed by atoms with van der Waals surface area (Å²) in [6.07, 6.45) is 3.03. The van der Waals surface area contributed by atoms with E-state index in [1.165, 1.54) is 23.2 Å². The first kappa shape index (κ1) is 18.7. The molecule has 2 N–H and O–H groups in total. The van der Waals surface area contributed by atoms with Crippen molar-refractivity contribution in [3.8, 4) is 5.75 Å². The van der Waals surface area contributed by atoms with Gasteiger partial charge in [0, 0.05) is 16.8 Å². The number of aromatic nitrogens is 1. The van der Waals surface area contributed by atoms with Crippen LogP contribution in [0.5, 0.6) is 5.75 Å². The number of pyridine rings is 1. The first-order valence-corrected chi connectivity index (χ1v) is 9.11. The number of aliphatic hydroxyl groups excluding tert-OH is 1. The number of rotatable bonds is 3. The maximum Gasteiger partial charge on any atom is 0.300 e. The molecule has 0 unspecified atom stereocenters. The summed E-state index contributed by atoms with van der Waals surface area (Å²) >= 11 is 5.91. The lowest BCUT2D eigenvalue weighted by Crippen LogP contribution is -2.29. The number of hydrogen-bond donors (Lipinski definition) is 2. The second kappa shape index (κ2) is 7.41. The van der Waals surface area contributed by atoms with Gasteiger partial charge < -0.3 is 10.2 Å². The van der Waals surface area contributed by atoms with Crippen LogP contribution in [0.1, 0.15) is 17.2 Å². The van der Waals surface area contributed by atoms with Crippen molar-refractivity contribution < 1.29 is 19.8 Å². The van der Waals surface area contributed by atoms with Gasteiger partial charge >= 0.3 is 0 Å². The molecule has 1 saturated heterocycles. The molecule has 6 nitrogen and oxygen atoms in total. The molecule has 3 aromatic rings. The Bertz CT molecular complexity index is 1110. The SMILES string of the molecule is O=C1C(=O)N(c2cccnc2)[C@@H](c2ccc(O)cc2)C1=C(O)c1ccc(Cl)cc1. The van der Waals surface area contributed by atoms with Crippen LogP contribution < -0.4 is 4.90 Å². The zero-order chi connectivity index (χ0) is 20.5. The van der Waals surface area contributed by atoms with Crippen LogP contribution in [0, 0.1) is 0 Å². The third kappa shape index (κ3) is 3.34. The molecule has 2 aromatic carbocycles. The highest BCUT2D eigenvalue weighted by molar-refractivity contribution is 6.51. The number of aromatic hydroxyl groups is 1. The number of Topliss-reactive ketones (excluding diaryl/α,β-unsaturated/α-hetero) is 1. The maximum atomic E-state index is 12.9. The Kier molecular flexibility index (Phi) is 4.78. The Hall–Kier alpha value is -3.64. The van der Waals surface area contributed by atoms with E-state index in [1.807, 2.05) is 0 Å². The third-order valence-electron chi connectivity index (χ3n) is 4.70. The number of amides is 1. The van der Waals surface area contributed by atoms with Gasteiger partial charge in [-0.25, -0.2) is 0 Å². The van der Waals surface area contributed by atoms with Crippen molar-refractivity contribution in [2.45, 2.75) is 6.04 Å². The number of nitrogens with zero attached hydrogens (tertiary/aromatic N) is 2. The van der Waals surface area contributed by atoms with E-state index in [1.54, 1.807) is 54.7 Å². The lowest BCUT2D eigenvalue weighted by Gasteiger charge is -2.25. The standard InChI is InChI=1S/C22H15ClN2O4/c23-15-7-3-14(4-8-15)20(27)18-19(13-5-9-17(26)10-6-13)25(22(29)21(18)28)16-2-1-11-24-12-16/h1-12,19,26-27H/t19-/m0/s1. The summed E-state index contributed by atoms with van der Waals surface area (Å²) in [6.45, 7) is 0. The van der Waals surface area contributed by atoms with E-state index >= 15 is 0 Å². The molecule has 0 spiro atoms. The molecule has 2 heterocycles. The van der Waals surface area contributed by atoms with E-state index in [4.69, 9.17) is 11.6 Å². The highest BCUT2D eigenvalue weighted by Gasteiger charge is 2.47. The monoisotopic (exact) mass is 406 g/mol. The van der Waals surface area contributed by atoms with Crippen LogP contribution in [-0.4, -0.2) is 26.9 Å². The van der Waals surface area contributed by atoms with E-state index in [2.05, 4.69) is 4.98 Å². The highest BCUT2D eigenvalue weighted by atomic mass is 35.5. The van der Waals surface area contributed by atoms with Crippen molar-refractivity contribution in [3.63, 3.8) is 0 Å². The summed E-state index contributed by atoms with van der Waals surface area (Å²) in [5.74, 6) is -1.83. The average molecular weight is 407 g/mol. The van der Waals surface area contributed by atoms with E-state index in [9.17, 15) is 19.8 Å². The summed E-state index contributed by atoms with van der Waals surface area (Å²) in [4.78, 5) is 31.1. The molecule has 1 aliphatic rings. The summed E-state index contributed by atoms with van der Waals surface area (Å²) < 4.78 is 0. The molecular formula is C22H15ClN2O4. The normalized spacial score (nSPS) is 18.2. The van der Waals surface area contributed by atoms with Crippen molar-refractivity contribution in [3.05, 3.63) is 94.8 Å². The smallest absolute Gasteiger partial charge is 0.300 e. The molecule has 29 heavy (non-hydrogen) atoms. The van der Waals surface area contributed by atoms with Gasteiger partial charge in [0.05, 0.1) is 23.5 Å². The lowest BCUT2D eigenvalue weighted by atomic mass is 9.95. The molecule has 7 heteroatoms. The number of hydrogen-bond acceptors (Lipinski definition) is 5. The Morgan fingerprint density at radius 3 is 2.31 bits per heavy atom. The zero-order valence-electron chi connectivity index (χ0n) is 15.0. The van der Waals surface area contributed by atoms with Crippen LogP contribution in [0.25, 0.3) is 5.76 Å².